The van der Waals surface area contributed by atoms with Gasteiger partial charge in [0.15, 0.2) is 17.4 Å². The zero-order valence-electron chi connectivity index (χ0n) is 22.2. The molecule has 6 heterocycles. The van der Waals surface area contributed by atoms with E-state index in [1.807, 2.05) is 19.2 Å². The molecule has 10 nitrogen and oxygen atoms in total. The summed E-state index contributed by atoms with van der Waals surface area (Å²) in [6.45, 7) is 9.39. The van der Waals surface area contributed by atoms with E-state index in [-0.39, 0.29) is 24.2 Å². The topological polar surface area (TPSA) is 119 Å². The van der Waals surface area contributed by atoms with Gasteiger partial charge in [-0.05, 0) is 39.2 Å². The molecule has 0 saturated carbocycles. The highest BCUT2D eigenvalue weighted by Gasteiger charge is 2.48. The Morgan fingerprint density at radius 2 is 2.11 bits per heavy atom. The SMILES string of the molecule is CCOC[C@H]1C[C@H]2COc3c(Sc4cnc(N5CCC6(CC5)CO[C@@H](C)[C@H]6N)c(CO)n4)ccnc3N2C1. The maximum absolute atomic E-state index is 10.2. The smallest absolute Gasteiger partial charge is 0.175 e. The number of anilines is 2. The molecular weight excluding hydrogens is 504 g/mol. The maximum atomic E-state index is 10.2. The van der Waals surface area contributed by atoms with E-state index in [1.165, 1.54) is 11.8 Å². The molecule has 0 aromatic carbocycles. The van der Waals surface area contributed by atoms with Crippen molar-refractivity contribution in [3.8, 4) is 5.75 Å². The summed E-state index contributed by atoms with van der Waals surface area (Å²) in [5.74, 6) is 2.93. The van der Waals surface area contributed by atoms with Crippen molar-refractivity contribution in [2.45, 2.75) is 67.8 Å². The Kier molecular flexibility index (Phi) is 7.38. The summed E-state index contributed by atoms with van der Waals surface area (Å²) < 4.78 is 17.8. The van der Waals surface area contributed by atoms with E-state index in [1.54, 1.807) is 6.20 Å². The molecule has 0 unspecified atom stereocenters. The van der Waals surface area contributed by atoms with Crippen LogP contribution in [-0.4, -0.2) is 84.3 Å². The standard InChI is InChI=1S/C27H38N6O4S/c1-3-35-14-18-10-19-15-36-23-21(4-7-29-26(23)33(19)12-18)38-22-11-30-25(20(13-34)31-22)32-8-5-27(6-9-32)16-37-17(2)24(27)28/h4,7,11,17-19,24,34H,3,5-6,8-10,12-16,28H2,1-2H3/t17-,18-,19-,24+/m0/s1. The Labute approximate surface area is 228 Å². The second-order valence-corrected chi connectivity index (χ2v) is 12.0. The van der Waals surface area contributed by atoms with Gasteiger partial charge in [0.2, 0.25) is 0 Å². The Morgan fingerprint density at radius 1 is 1.26 bits per heavy atom. The first-order valence-electron chi connectivity index (χ1n) is 13.7. The van der Waals surface area contributed by atoms with Crippen molar-refractivity contribution in [2.75, 3.05) is 55.9 Å². The zero-order chi connectivity index (χ0) is 26.3. The molecule has 0 radical (unpaired) electrons. The fourth-order valence-corrected chi connectivity index (χ4v) is 7.29. The second kappa shape index (κ2) is 10.8. The van der Waals surface area contributed by atoms with Gasteiger partial charge in [-0.15, -0.1) is 0 Å². The molecule has 0 aliphatic carbocycles. The number of fused-ring (bicyclic) bond motifs is 3. The van der Waals surface area contributed by atoms with E-state index in [0.717, 1.165) is 86.0 Å². The third-order valence-electron chi connectivity index (χ3n) is 8.67. The van der Waals surface area contributed by atoms with Crippen LogP contribution in [0.15, 0.2) is 28.4 Å². The Morgan fingerprint density at radius 3 is 2.84 bits per heavy atom. The first kappa shape index (κ1) is 26.1. The predicted molar refractivity (Wildman–Crippen MR) is 145 cm³/mol. The minimum Gasteiger partial charge on any atom is -0.486 e. The van der Waals surface area contributed by atoms with Gasteiger partial charge in [-0.25, -0.2) is 15.0 Å². The lowest BCUT2D eigenvalue weighted by atomic mass is 9.73. The number of aromatic nitrogens is 3. The van der Waals surface area contributed by atoms with Crippen LogP contribution in [0, 0.1) is 11.3 Å². The average molecular weight is 543 g/mol. The van der Waals surface area contributed by atoms with Crippen LogP contribution in [0.3, 0.4) is 0 Å². The van der Waals surface area contributed by atoms with Crippen molar-refractivity contribution in [2.24, 2.45) is 17.1 Å². The Bertz CT molecular complexity index is 1150. The van der Waals surface area contributed by atoms with Gasteiger partial charge in [-0.3, -0.25) is 0 Å². The molecule has 4 aliphatic rings. The second-order valence-electron chi connectivity index (χ2n) is 11.0. The fraction of sp³-hybridized carbons (Fsp3) is 0.667. The van der Waals surface area contributed by atoms with Gasteiger partial charge in [-0.2, -0.15) is 0 Å². The molecule has 38 heavy (non-hydrogen) atoms. The summed E-state index contributed by atoms with van der Waals surface area (Å²) >= 11 is 1.50. The molecule has 4 aliphatic heterocycles. The van der Waals surface area contributed by atoms with E-state index < -0.39 is 0 Å². The van der Waals surface area contributed by atoms with Crippen LogP contribution in [0.25, 0.3) is 0 Å². The van der Waals surface area contributed by atoms with Crippen molar-refractivity contribution in [1.82, 2.24) is 15.0 Å². The molecule has 3 saturated heterocycles. The average Bonchev–Trinajstić information content (AvgIpc) is 3.49. The molecule has 11 heteroatoms. The van der Waals surface area contributed by atoms with Crippen molar-refractivity contribution in [1.29, 1.82) is 0 Å². The molecule has 6 rings (SSSR count). The highest BCUT2D eigenvalue weighted by Crippen LogP contribution is 2.45. The lowest BCUT2D eigenvalue weighted by Gasteiger charge is -2.41. The molecule has 206 valence electrons. The van der Waals surface area contributed by atoms with Gasteiger partial charge in [0.1, 0.15) is 17.3 Å². The molecular formula is C27H38N6O4S. The summed E-state index contributed by atoms with van der Waals surface area (Å²) in [6.07, 6.45) is 6.68. The van der Waals surface area contributed by atoms with Gasteiger partial charge in [0.05, 0.1) is 43.1 Å². The number of aliphatic hydroxyl groups excluding tert-OH is 1. The lowest BCUT2D eigenvalue weighted by molar-refractivity contribution is 0.0973. The van der Waals surface area contributed by atoms with Crippen LogP contribution in [0.1, 0.15) is 38.8 Å². The molecule has 4 atom stereocenters. The molecule has 2 aromatic heterocycles. The number of ether oxygens (including phenoxy) is 3. The fourth-order valence-electron chi connectivity index (χ4n) is 6.43. The first-order valence-corrected chi connectivity index (χ1v) is 14.6. The van der Waals surface area contributed by atoms with Crippen LogP contribution in [0.4, 0.5) is 11.6 Å². The molecule has 3 fully saturated rings. The minimum atomic E-state index is -0.167. The predicted octanol–water partition coefficient (Wildman–Crippen LogP) is 2.47. The van der Waals surface area contributed by atoms with Gasteiger partial charge < -0.3 is 34.9 Å². The van der Waals surface area contributed by atoms with Crippen LogP contribution in [-0.2, 0) is 16.1 Å². The summed E-state index contributed by atoms with van der Waals surface area (Å²) in [7, 11) is 0. The maximum Gasteiger partial charge on any atom is 0.175 e. The van der Waals surface area contributed by atoms with Crippen molar-refractivity contribution >= 4 is 23.4 Å². The first-order chi connectivity index (χ1) is 18.5. The van der Waals surface area contributed by atoms with E-state index in [4.69, 9.17) is 29.9 Å². The van der Waals surface area contributed by atoms with Crippen molar-refractivity contribution < 1.29 is 19.3 Å². The Hall–Kier alpha value is -2.18. The number of nitrogens with zero attached hydrogens (tertiary/aromatic N) is 5. The van der Waals surface area contributed by atoms with Gasteiger partial charge in [0, 0.05) is 49.8 Å². The third kappa shape index (κ3) is 4.72. The van der Waals surface area contributed by atoms with Crippen LogP contribution in [0.2, 0.25) is 0 Å². The number of hydrogen-bond acceptors (Lipinski definition) is 11. The summed E-state index contributed by atoms with van der Waals surface area (Å²) in [6, 6.07) is 2.36. The number of pyridine rings is 1. The summed E-state index contributed by atoms with van der Waals surface area (Å²) in [4.78, 5) is 19.8. The van der Waals surface area contributed by atoms with E-state index in [0.29, 0.717) is 24.3 Å². The zero-order valence-corrected chi connectivity index (χ0v) is 23.0. The molecule has 2 aromatic rings. The normalized spacial score (nSPS) is 27.9. The van der Waals surface area contributed by atoms with Crippen molar-refractivity contribution in [3.05, 3.63) is 24.2 Å². The molecule has 3 N–H and O–H groups in total. The van der Waals surface area contributed by atoms with Crippen LogP contribution in [0.5, 0.6) is 5.75 Å². The van der Waals surface area contributed by atoms with E-state index in [9.17, 15) is 5.11 Å². The number of piperidine rings is 1. The molecule has 0 amide bonds. The van der Waals surface area contributed by atoms with E-state index >= 15 is 0 Å². The summed E-state index contributed by atoms with van der Waals surface area (Å²) in [5.41, 5.74) is 7.12. The van der Waals surface area contributed by atoms with Crippen molar-refractivity contribution in [3.63, 3.8) is 0 Å². The van der Waals surface area contributed by atoms with Gasteiger partial charge >= 0.3 is 0 Å². The third-order valence-corrected chi connectivity index (χ3v) is 9.62. The largest absolute Gasteiger partial charge is 0.486 e. The monoisotopic (exact) mass is 542 g/mol. The molecule has 1 spiro atoms. The number of nitrogens with two attached hydrogens (primary N) is 1. The minimum absolute atomic E-state index is 0.0380. The quantitative estimate of drug-likeness (QED) is 0.537. The number of hydrogen-bond donors (Lipinski definition) is 2. The number of aliphatic hydroxyl groups is 1. The van der Waals surface area contributed by atoms with E-state index in [2.05, 4.69) is 21.7 Å². The molecule has 0 bridgehead atoms. The van der Waals surface area contributed by atoms with Gasteiger partial charge in [0.25, 0.3) is 0 Å². The lowest BCUT2D eigenvalue weighted by Crippen LogP contribution is -2.51. The van der Waals surface area contributed by atoms with Crippen LogP contribution < -0.4 is 20.3 Å². The Balaban J connectivity index is 1.16. The van der Waals surface area contributed by atoms with Crippen LogP contribution >= 0.6 is 11.8 Å². The van der Waals surface area contributed by atoms with Gasteiger partial charge in [-0.1, -0.05) is 11.8 Å². The highest BCUT2D eigenvalue weighted by molar-refractivity contribution is 7.99. The number of rotatable bonds is 7. The highest BCUT2D eigenvalue weighted by atomic mass is 32.2. The summed E-state index contributed by atoms with van der Waals surface area (Å²) in [5, 5.41) is 10.9.